The molecule has 5 nitrogen and oxygen atoms in total. The second-order valence-corrected chi connectivity index (χ2v) is 5.40. The Morgan fingerprint density at radius 3 is 2.56 bits per heavy atom. The van der Waals surface area contributed by atoms with E-state index in [4.69, 9.17) is 9.47 Å². The van der Waals surface area contributed by atoms with Gasteiger partial charge in [-0.15, -0.1) is 0 Å². The molecule has 2 N–H and O–H groups in total. The van der Waals surface area contributed by atoms with Crippen LogP contribution in [-0.4, -0.2) is 24.1 Å². The largest absolute Gasteiger partial charge is 0.490 e. The summed E-state index contributed by atoms with van der Waals surface area (Å²) < 4.78 is 24.3. The van der Waals surface area contributed by atoms with E-state index < -0.39 is 0 Å². The van der Waals surface area contributed by atoms with Crippen molar-refractivity contribution in [3.63, 3.8) is 0 Å². The first-order valence-corrected chi connectivity index (χ1v) is 8.10. The minimum Gasteiger partial charge on any atom is -0.490 e. The molecule has 2 aromatic carbocycles. The summed E-state index contributed by atoms with van der Waals surface area (Å²) in [5, 5.41) is 3.45. The van der Waals surface area contributed by atoms with Crippen LogP contribution in [0.4, 0.5) is 10.1 Å². The molecule has 0 radical (unpaired) electrons. The van der Waals surface area contributed by atoms with Crippen molar-refractivity contribution in [1.29, 1.82) is 0 Å². The lowest BCUT2D eigenvalue weighted by Crippen LogP contribution is -2.12. The van der Waals surface area contributed by atoms with Crippen molar-refractivity contribution >= 4 is 22.5 Å². The number of benzene rings is 2. The van der Waals surface area contributed by atoms with Gasteiger partial charge in [0.1, 0.15) is 11.5 Å². The number of fused-ring (bicyclic) bond motifs is 1. The third-order valence-electron chi connectivity index (χ3n) is 3.63. The number of aromatic amines is 1. The Morgan fingerprint density at radius 1 is 1.04 bits per heavy atom. The first-order chi connectivity index (χ1) is 12.1. The fraction of sp³-hybridized carbons (Fsp3) is 0.211. The number of rotatable bonds is 6. The number of nitrogens with one attached hydrogen (secondary N) is 2. The van der Waals surface area contributed by atoms with Gasteiger partial charge in [0.2, 0.25) is 0 Å². The van der Waals surface area contributed by atoms with Crippen molar-refractivity contribution in [3.05, 3.63) is 54.0 Å². The molecule has 3 rings (SSSR count). The Hall–Kier alpha value is -3.02. The zero-order chi connectivity index (χ0) is 17.8. The van der Waals surface area contributed by atoms with E-state index in [1.165, 1.54) is 12.1 Å². The van der Waals surface area contributed by atoms with Crippen LogP contribution < -0.4 is 14.8 Å². The lowest BCUT2D eigenvalue weighted by molar-refractivity contribution is 0.102. The summed E-state index contributed by atoms with van der Waals surface area (Å²) in [7, 11) is 0. The summed E-state index contributed by atoms with van der Waals surface area (Å²) >= 11 is 0. The average molecular weight is 342 g/mol. The predicted molar refractivity (Wildman–Crippen MR) is 95.0 cm³/mol. The maximum Gasteiger partial charge on any atom is 0.272 e. The predicted octanol–water partition coefficient (Wildman–Crippen LogP) is 4.36. The quantitative estimate of drug-likeness (QED) is 0.700. The number of hydrogen-bond acceptors (Lipinski definition) is 3. The topological polar surface area (TPSA) is 63.3 Å². The number of aromatic nitrogens is 1. The molecular formula is C19H19FN2O3. The SMILES string of the molecule is CCOc1ccc(NC(=O)c2cc3cc(F)ccc3[nH]2)cc1OCC. The summed E-state index contributed by atoms with van der Waals surface area (Å²) in [5.74, 6) is 0.541. The molecule has 0 aliphatic rings. The summed E-state index contributed by atoms with van der Waals surface area (Å²) in [6, 6.07) is 11.2. The van der Waals surface area contributed by atoms with Crippen LogP contribution in [0, 0.1) is 5.82 Å². The molecule has 0 fully saturated rings. The fourth-order valence-electron chi connectivity index (χ4n) is 2.55. The maximum absolute atomic E-state index is 13.3. The van der Waals surface area contributed by atoms with E-state index in [-0.39, 0.29) is 11.7 Å². The fourth-order valence-corrected chi connectivity index (χ4v) is 2.55. The summed E-state index contributed by atoms with van der Waals surface area (Å²) in [5.41, 5.74) is 1.64. The second kappa shape index (κ2) is 7.25. The van der Waals surface area contributed by atoms with Crippen LogP contribution >= 0.6 is 0 Å². The summed E-state index contributed by atoms with van der Waals surface area (Å²) in [6.07, 6.45) is 0. The van der Waals surface area contributed by atoms with Gasteiger partial charge in [-0.1, -0.05) is 0 Å². The van der Waals surface area contributed by atoms with Gasteiger partial charge in [0, 0.05) is 22.7 Å². The number of ether oxygens (including phenoxy) is 2. The zero-order valence-electron chi connectivity index (χ0n) is 14.1. The van der Waals surface area contributed by atoms with Crippen LogP contribution in [0.25, 0.3) is 10.9 Å². The molecule has 0 bridgehead atoms. The number of amides is 1. The molecule has 0 saturated carbocycles. The third-order valence-corrected chi connectivity index (χ3v) is 3.63. The van der Waals surface area contributed by atoms with Gasteiger partial charge in [0.25, 0.3) is 5.91 Å². The summed E-state index contributed by atoms with van der Waals surface area (Å²) in [6.45, 7) is 4.79. The number of carbonyl (C=O) groups is 1. The Labute approximate surface area is 144 Å². The highest BCUT2D eigenvalue weighted by atomic mass is 19.1. The highest BCUT2D eigenvalue weighted by Crippen LogP contribution is 2.31. The van der Waals surface area contributed by atoms with Crippen molar-refractivity contribution in [3.8, 4) is 11.5 Å². The van der Waals surface area contributed by atoms with Crippen LogP contribution in [0.1, 0.15) is 24.3 Å². The molecule has 130 valence electrons. The first kappa shape index (κ1) is 16.8. The van der Waals surface area contributed by atoms with E-state index >= 15 is 0 Å². The van der Waals surface area contributed by atoms with Gasteiger partial charge in [-0.3, -0.25) is 4.79 Å². The van der Waals surface area contributed by atoms with Gasteiger partial charge >= 0.3 is 0 Å². The molecule has 0 aliphatic carbocycles. The molecule has 0 unspecified atom stereocenters. The number of anilines is 1. The second-order valence-electron chi connectivity index (χ2n) is 5.40. The number of halogens is 1. The summed E-state index contributed by atoms with van der Waals surface area (Å²) in [4.78, 5) is 15.4. The van der Waals surface area contributed by atoms with E-state index in [0.717, 1.165) is 0 Å². The molecule has 0 spiro atoms. The average Bonchev–Trinajstić information content (AvgIpc) is 3.01. The van der Waals surface area contributed by atoms with Gasteiger partial charge in [-0.2, -0.15) is 0 Å². The number of hydrogen-bond donors (Lipinski definition) is 2. The lowest BCUT2D eigenvalue weighted by Gasteiger charge is -2.12. The van der Waals surface area contributed by atoms with Crippen molar-refractivity contribution in [1.82, 2.24) is 4.98 Å². The third kappa shape index (κ3) is 3.74. The molecule has 6 heteroatoms. The molecule has 1 amide bonds. The van der Waals surface area contributed by atoms with Crippen molar-refractivity contribution in [2.24, 2.45) is 0 Å². The highest BCUT2D eigenvalue weighted by molar-refractivity contribution is 6.06. The minimum atomic E-state index is -0.341. The molecule has 0 aliphatic heterocycles. The Morgan fingerprint density at radius 2 is 1.80 bits per heavy atom. The zero-order valence-corrected chi connectivity index (χ0v) is 14.1. The van der Waals surface area contributed by atoms with E-state index in [1.807, 2.05) is 13.8 Å². The van der Waals surface area contributed by atoms with Crippen LogP contribution in [0.3, 0.4) is 0 Å². The van der Waals surface area contributed by atoms with Crippen LogP contribution in [-0.2, 0) is 0 Å². The van der Waals surface area contributed by atoms with Crippen LogP contribution in [0.15, 0.2) is 42.5 Å². The maximum atomic E-state index is 13.3. The monoisotopic (exact) mass is 342 g/mol. The van der Waals surface area contributed by atoms with Gasteiger partial charge in [-0.25, -0.2) is 4.39 Å². The Kier molecular flexibility index (Phi) is 4.88. The van der Waals surface area contributed by atoms with Crippen molar-refractivity contribution in [2.75, 3.05) is 18.5 Å². The molecule has 0 atom stereocenters. The smallest absolute Gasteiger partial charge is 0.272 e. The van der Waals surface area contributed by atoms with E-state index in [1.54, 1.807) is 30.3 Å². The van der Waals surface area contributed by atoms with E-state index in [0.29, 0.717) is 47.0 Å². The normalized spacial score (nSPS) is 10.7. The molecule has 25 heavy (non-hydrogen) atoms. The highest BCUT2D eigenvalue weighted by Gasteiger charge is 2.12. The first-order valence-electron chi connectivity index (χ1n) is 8.10. The van der Waals surface area contributed by atoms with Gasteiger partial charge in [-0.05, 0) is 50.2 Å². The van der Waals surface area contributed by atoms with Crippen LogP contribution in [0.2, 0.25) is 0 Å². The molecule has 0 saturated heterocycles. The van der Waals surface area contributed by atoms with E-state index in [9.17, 15) is 9.18 Å². The van der Waals surface area contributed by atoms with Gasteiger partial charge in [0.15, 0.2) is 11.5 Å². The number of H-pyrrole nitrogens is 1. The molecule has 3 aromatic rings. The van der Waals surface area contributed by atoms with Crippen molar-refractivity contribution < 1.29 is 18.7 Å². The van der Waals surface area contributed by atoms with Crippen LogP contribution in [0.5, 0.6) is 11.5 Å². The molecule has 1 heterocycles. The van der Waals surface area contributed by atoms with Crippen molar-refractivity contribution in [2.45, 2.75) is 13.8 Å². The van der Waals surface area contributed by atoms with Gasteiger partial charge < -0.3 is 19.8 Å². The minimum absolute atomic E-state index is 0.316. The number of carbonyl (C=O) groups excluding carboxylic acids is 1. The molecular weight excluding hydrogens is 323 g/mol. The standard InChI is InChI=1S/C19H19FN2O3/c1-3-24-17-8-6-14(11-18(17)25-4-2)21-19(23)16-10-12-9-13(20)5-7-15(12)22-16/h5-11,22H,3-4H2,1-2H3,(H,21,23). The Balaban J connectivity index is 1.82. The Bertz CT molecular complexity index is 905. The van der Waals surface area contributed by atoms with E-state index in [2.05, 4.69) is 10.3 Å². The lowest BCUT2D eigenvalue weighted by atomic mass is 10.2. The van der Waals surface area contributed by atoms with Gasteiger partial charge in [0.05, 0.1) is 13.2 Å². The molecule has 1 aromatic heterocycles.